The number of aromatic nitrogens is 1. The van der Waals surface area contributed by atoms with Gasteiger partial charge in [-0.15, -0.1) is 0 Å². The van der Waals surface area contributed by atoms with Crippen LogP contribution in [-0.4, -0.2) is 35.1 Å². The van der Waals surface area contributed by atoms with Crippen LogP contribution in [0.1, 0.15) is 24.3 Å². The molecule has 1 fully saturated rings. The molecular formula is C18H21N3O4. The van der Waals surface area contributed by atoms with E-state index in [0.717, 1.165) is 5.69 Å². The molecule has 0 aliphatic carbocycles. The van der Waals surface area contributed by atoms with E-state index in [9.17, 15) is 9.59 Å². The van der Waals surface area contributed by atoms with Gasteiger partial charge < -0.3 is 19.5 Å². The highest BCUT2D eigenvalue weighted by Crippen LogP contribution is 2.20. The van der Waals surface area contributed by atoms with Crippen LogP contribution in [0.25, 0.3) is 0 Å². The number of benzene rings is 1. The molecule has 132 valence electrons. The zero-order chi connectivity index (χ0) is 17.6. The van der Waals surface area contributed by atoms with Gasteiger partial charge >= 0.3 is 12.0 Å². The van der Waals surface area contributed by atoms with Gasteiger partial charge in [0.15, 0.2) is 0 Å². The van der Waals surface area contributed by atoms with E-state index in [-0.39, 0.29) is 24.5 Å². The van der Waals surface area contributed by atoms with Crippen molar-refractivity contribution in [3.05, 3.63) is 47.9 Å². The highest BCUT2D eigenvalue weighted by atomic mass is 16.5. The lowest BCUT2D eigenvalue weighted by molar-refractivity contribution is -0.151. The summed E-state index contributed by atoms with van der Waals surface area (Å²) in [6.45, 7) is 2.96. The van der Waals surface area contributed by atoms with Crippen LogP contribution in [0.4, 0.5) is 10.5 Å². The Labute approximate surface area is 145 Å². The fourth-order valence-electron chi connectivity index (χ4n) is 2.79. The SMILES string of the molecule is Cc1cc(COC(=O)C2CCN(C(=O)Nc3ccccc3)CC2)no1. The molecule has 2 heterocycles. The van der Waals surface area contributed by atoms with Gasteiger partial charge in [-0.05, 0) is 31.9 Å². The number of piperidine rings is 1. The van der Waals surface area contributed by atoms with Gasteiger partial charge in [-0.2, -0.15) is 0 Å². The normalized spacial score (nSPS) is 15.0. The number of amides is 2. The number of carbonyl (C=O) groups excluding carboxylic acids is 2. The van der Waals surface area contributed by atoms with Gasteiger partial charge in [0.2, 0.25) is 0 Å². The molecule has 2 aromatic rings. The first-order valence-corrected chi connectivity index (χ1v) is 8.31. The molecule has 1 aromatic carbocycles. The summed E-state index contributed by atoms with van der Waals surface area (Å²) in [6.07, 6.45) is 1.19. The first-order chi connectivity index (χ1) is 12.1. The number of para-hydroxylation sites is 1. The van der Waals surface area contributed by atoms with E-state index in [1.54, 1.807) is 17.9 Å². The first-order valence-electron chi connectivity index (χ1n) is 8.31. The number of urea groups is 1. The van der Waals surface area contributed by atoms with Crippen molar-refractivity contribution in [2.24, 2.45) is 5.92 Å². The molecule has 0 spiro atoms. The number of aryl methyl sites for hydroxylation is 1. The Balaban J connectivity index is 1.43. The Bertz CT molecular complexity index is 721. The molecule has 7 nitrogen and oxygen atoms in total. The Morgan fingerprint density at radius 3 is 2.64 bits per heavy atom. The van der Waals surface area contributed by atoms with E-state index < -0.39 is 0 Å². The highest BCUT2D eigenvalue weighted by molar-refractivity contribution is 5.89. The molecule has 1 aromatic heterocycles. The number of likely N-dealkylation sites (tertiary alicyclic amines) is 1. The molecule has 0 bridgehead atoms. The second-order valence-electron chi connectivity index (χ2n) is 6.09. The molecular weight excluding hydrogens is 322 g/mol. The van der Waals surface area contributed by atoms with E-state index in [4.69, 9.17) is 9.26 Å². The van der Waals surface area contributed by atoms with Gasteiger partial charge in [0.05, 0.1) is 5.92 Å². The van der Waals surface area contributed by atoms with Crippen LogP contribution in [0.3, 0.4) is 0 Å². The standard InChI is InChI=1S/C18H21N3O4/c1-13-11-16(20-25-13)12-24-17(22)14-7-9-21(10-8-14)18(23)19-15-5-3-2-4-6-15/h2-6,11,14H,7-10,12H2,1H3,(H,19,23). The average Bonchev–Trinajstić information content (AvgIpc) is 3.06. The number of hydrogen-bond donors (Lipinski definition) is 1. The van der Waals surface area contributed by atoms with Crippen LogP contribution in [-0.2, 0) is 16.1 Å². The number of carbonyl (C=O) groups is 2. The minimum atomic E-state index is -0.247. The Morgan fingerprint density at radius 1 is 1.28 bits per heavy atom. The summed E-state index contributed by atoms with van der Waals surface area (Å²) >= 11 is 0. The van der Waals surface area contributed by atoms with Crippen LogP contribution < -0.4 is 5.32 Å². The monoisotopic (exact) mass is 343 g/mol. The molecule has 1 aliphatic heterocycles. The maximum atomic E-state index is 12.2. The Morgan fingerprint density at radius 2 is 2.00 bits per heavy atom. The second-order valence-corrected chi connectivity index (χ2v) is 6.09. The quantitative estimate of drug-likeness (QED) is 0.863. The lowest BCUT2D eigenvalue weighted by atomic mass is 9.97. The minimum Gasteiger partial charge on any atom is -0.459 e. The fraction of sp³-hybridized carbons (Fsp3) is 0.389. The van der Waals surface area contributed by atoms with Crippen molar-refractivity contribution in [1.29, 1.82) is 0 Å². The third-order valence-electron chi connectivity index (χ3n) is 4.18. The molecule has 25 heavy (non-hydrogen) atoms. The van der Waals surface area contributed by atoms with Crippen LogP contribution in [0, 0.1) is 12.8 Å². The van der Waals surface area contributed by atoms with Crippen LogP contribution in [0.5, 0.6) is 0 Å². The topological polar surface area (TPSA) is 84.7 Å². The number of nitrogens with one attached hydrogen (secondary N) is 1. The van der Waals surface area contributed by atoms with E-state index in [1.165, 1.54) is 0 Å². The van der Waals surface area contributed by atoms with Crippen molar-refractivity contribution < 1.29 is 18.8 Å². The van der Waals surface area contributed by atoms with Crippen LogP contribution in [0.2, 0.25) is 0 Å². The van der Waals surface area contributed by atoms with E-state index in [1.807, 2.05) is 30.3 Å². The smallest absolute Gasteiger partial charge is 0.321 e. The van der Waals surface area contributed by atoms with Crippen molar-refractivity contribution >= 4 is 17.7 Å². The number of rotatable bonds is 4. The van der Waals surface area contributed by atoms with E-state index >= 15 is 0 Å². The highest BCUT2D eigenvalue weighted by Gasteiger charge is 2.28. The minimum absolute atomic E-state index is 0.116. The van der Waals surface area contributed by atoms with Crippen LogP contribution >= 0.6 is 0 Å². The molecule has 0 atom stereocenters. The summed E-state index contributed by atoms with van der Waals surface area (Å²) in [6, 6.07) is 10.9. The summed E-state index contributed by atoms with van der Waals surface area (Å²) < 4.78 is 10.2. The number of hydrogen-bond acceptors (Lipinski definition) is 5. The van der Waals surface area contributed by atoms with Crippen molar-refractivity contribution in [2.75, 3.05) is 18.4 Å². The maximum Gasteiger partial charge on any atom is 0.321 e. The third kappa shape index (κ3) is 4.59. The van der Waals surface area contributed by atoms with Crippen LogP contribution in [0.15, 0.2) is 40.9 Å². The second kappa shape index (κ2) is 7.83. The molecule has 7 heteroatoms. The number of ether oxygens (including phenoxy) is 1. The number of anilines is 1. The molecule has 3 rings (SSSR count). The maximum absolute atomic E-state index is 12.2. The van der Waals surface area contributed by atoms with Gasteiger partial charge in [0, 0.05) is 24.8 Å². The summed E-state index contributed by atoms with van der Waals surface area (Å²) in [7, 11) is 0. The summed E-state index contributed by atoms with van der Waals surface area (Å²) in [5.74, 6) is 0.251. The zero-order valence-electron chi connectivity index (χ0n) is 14.1. The molecule has 2 amide bonds. The van der Waals surface area contributed by atoms with Crippen molar-refractivity contribution in [1.82, 2.24) is 10.1 Å². The van der Waals surface area contributed by atoms with Gasteiger partial charge in [-0.25, -0.2) is 4.79 Å². The number of esters is 1. The Kier molecular flexibility index (Phi) is 5.33. The molecule has 1 N–H and O–H groups in total. The fourth-order valence-corrected chi connectivity index (χ4v) is 2.79. The first kappa shape index (κ1) is 17.0. The van der Waals surface area contributed by atoms with E-state index in [2.05, 4.69) is 10.5 Å². The van der Waals surface area contributed by atoms with Gasteiger partial charge in [-0.1, -0.05) is 23.4 Å². The molecule has 1 saturated heterocycles. The van der Waals surface area contributed by atoms with Gasteiger partial charge in [-0.3, -0.25) is 4.79 Å². The summed E-state index contributed by atoms with van der Waals surface area (Å²) in [4.78, 5) is 26.1. The number of nitrogens with zero attached hydrogens (tertiary/aromatic N) is 2. The lowest BCUT2D eigenvalue weighted by Gasteiger charge is -2.30. The predicted molar refractivity (Wildman–Crippen MR) is 90.8 cm³/mol. The molecule has 0 saturated carbocycles. The Hall–Kier alpha value is -2.83. The molecule has 1 aliphatic rings. The largest absolute Gasteiger partial charge is 0.459 e. The average molecular weight is 343 g/mol. The van der Waals surface area contributed by atoms with E-state index in [0.29, 0.717) is 37.4 Å². The molecule has 0 radical (unpaired) electrons. The lowest BCUT2D eigenvalue weighted by Crippen LogP contribution is -2.42. The summed E-state index contributed by atoms with van der Waals surface area (Å²) in [5.41, 5.74) is 1.36. The third-order valence-corrected chi connectivity index (χ3v) is 4.18. The predicted octanol–water partition coefficient (Wildman–Crippen LogP) is 2.97. The van der Waals surface area contributed by atoms with Crippen molar-refractivity contribution in [3.8, 4) is 0 Å². The van der Waals surface area contributed by atoms with Gasteiger partial charge in [0.1, 0.15) is 18.1 Å². The molecule has 0 unspecified atom stereocenters. The van der Waals surface area contributed by atoms with Gasteiger partial charge in [0.25, 0.3) is 0 Å². The van der Waals surface area contributed by atoms with Crippen molar-refractivity contribution in [2.45, 2.75) is 26.4 Å². The summed E-state index contributed by atoms with van der Waals surface area (Å²) in [5, 5.41) is 6.65. The van der Waals surface area contributed by atoms with Crippen molar-refractivity contribution in [3.63, 3.8) is 0 Å². The zero-order valence-corrected chi connectivity index (χ0v) is 14.1.